The molecule has 1 aromatic rings. The van der Waals surface area contributed by atoms with Crippen molar-refractivity contribution in [2.45, 2.75) is 25.8 Å². The van der Waals surface area contributed by atoms with Gasteiger partial charge in [0.15, 0.2) is 0 Å². The summed E-state index contributed by atoms with van der Waals surface area (Å²) in [6.07, 6.45) is 0.848. The highest BCUT2D eigenvalue weighted by Gasteiger charge is 2.22. The molecule has 1 N–H and O–H groups in total. The predicted molar refractivity (Wildman–Crippen MR) is 53.8 cm³/mol. The second-order valence-electron chi connectivity index (χ2n) is 4.00. The van der Waals surface area contributed by atoms with Crippen LogP contribution < -0.4 is 0 Å². The van der Waals surface area contributed by atoms with Gasteiger partial charge in [-0.2, -0.15) is 5.06 Å². The van der Waals surface area contributed by atoms with Crippen molar-refractivity contribution < 1.29 is 5.21 Å². The van der Waals surface area contributed by atoms with E-state index in [1.807, 2.05) is 32.0 Å². The van der Waals surface area contributed by atoms with Gasteiger partial charge in [0.05, 0.1) is 0 Å². The molecule has 0 heterocycles. The molecule has 0 aromatic heterocycles. The van der Waals surface area contributed by atoms with Crippen LogP contribution in [0.1, 0.15) is 19.4 Å². The van der Waals surface area contributed by atoms with E-state index in [0.29, 0.717) is 0 Å². The molecule has 0 aliphatic rings. The first kappa shape index (κ1) is 10.2. The Morgan fingerprint density at radius 3 is 2.23 bits per heavy atom. The molecule has 2 heteroatoms. The molecule has 0 fully saturated rings. The maximum Gasteiger partial charge on any atom is 0.0441 e. The lowest BCUT2D eigenvalue weighted by molar-refractivity contribution is -0.139. The number of nitrogens with zero attached hydrogens (tertiary/aromatic N) is 1. The Morgan fingerprint density at radius 1 is 1.23 bits per heavy atom. The Labute approximate surface area is 79.8 Å². The molecule has 0 saturated carbocycles. The Hall–Kier alpha value is -0.860. The van der Waals surface area contributed by atoms with E-state index in [-0.39, 0.29) is 5.54 Å². The van der Waals surface area contributed by atoms with Crippen LogP contribution in [0.2, 0.25) is 0 Å². The fraction of sp³-hybridized carbons (Fsp3) is 0.455. The normalized spacial score (nSPS) is 12.1. The molecule has 0 amide bonds. The number of hydrogen-bond donors (Lipinski definition) is 1. The minimum Gasteiger partial charge on any atom is -0.314 e. The predicted octanol–water partition coefficient (Wildman–Crippen LogP) is 2.33. The van der Waals surface area contributed by atoms with Crippen LogP contribution in [0.15, 0.2) is 30.3 Å². The highest BCUT2D eigenvalue weighted by atomic mass is 16.5. The van der Waals surface area contributed by atoms with Crippen molar-refractivity contribution >= 4 is 0 Å². The van der Waals surface area contributed by atoms with Crippen LogP contribution in [0.25, 0.3) is 0 Å². The van der Waals surface area contributed by atoms with Gasteiger partial charge in [-0.15, -0.1) is 0 Å². The molecule has 0 bridgehead atoms. The van der Waals surface area contributed by atoms with E-state index in [9.17, 15) is 5.21 Å². The lowest BCUT2D eigenvalue weighted by Gasteiger charge is -2.30. The lowest BCUT2D eigenvalue weighted by Crippen LogP contribution is -2.40. The SMILES string of the molecule is CN(O)C(C)(C)Cc1ccccc1. The lowest BCUT2D eigenvalue weighted by atomic mass is 9.95. The Bertz CT molecular complexity index is 254. The van der Waals surface area contributed by atoms with Gasteiger partial charge in [0.1, 0.15) is 0 Å². The summed E-state index contributed by atoms with van der Waals surface area (Å²) in [6.45, 7) is 4.03. The van der Waals surface area contributed by atoms with Gasteiger partial charge in [0.25, 0.3) is 0 Å². The Kier molecular flexibility index (Phi) is 3.07. The van der Waals surface area contributed by atoms with Crippen LogP contribution in [0, 0.1) is 0 Å². The summed E-state index contributed by atoms with van der Waals surface area (Å²) in [6, 6.07) is 10.2. The van der Waals surface area contributed by atoms with Crippen LogP contribution in [0.5, 0.6) is 0 Å². The largest absolute Gasteiger partial charge is 0.314 e. The van der Waals surface area contributed by atoms with Crippen molar-refractivity contribution in [1.82, 2.24) is 5.06 Å². The molecule has 2 nitrogen and oxygen atoms in total. The van der Waals surface area contributed by atoms with Gasteiger partial charge in [-0.1, -0.05) is 30.3 Å². The monoisotopic (exact) mass is 179 g/mol. The zero-order valence-corrected chi connectivity index (χ0v) is 8.49. The van der Waals surface area contributed by atoms with Crippen LogP contribution in [0.4, 0.5) is 0 Å². The molecular formula is C11H17NO. The third-order valence-corrected chi connectivity index (χ3v) is 2.36. The average Bonchev–Trinajstić information content (AvgIpc) is 2.05. The molecule has 0 aliphatic heterocycles. The Morgan fingerprint density at radius 2 is 1.77 bits per heavy atom. The molecule has 0 aliphatic carbocycles. The van der Waals surface area contributed by atoms with Gasteiger partial charge in [0, 0.05) is 12.6 Å². The number of hydrogen-bond acceptors (Lipinski definition) is 2. The minimum atomic E-state index is -0.207. The van der Waals surface area contributed by atoms with E-state index in [4.69, 9.17) is 0 Å². The molecule has 13 heavy (non-hydrogen) atoms. The van der Waals surface area contributed by atoms with Crippen molar-refractivity contribution in [2.75, 3.05) is 7.05 Å². The van der Waals surface area contributed by atoms with Crippen LogP contribution in [-0.4, -0.2) is 22.9 Å². The van der Waals surface area contributed by atoms with Gasteiger partial charge < -0.3 is 5.21 Å². The summed E-state index contributed by atoms with van der Waals surface area (Å²) in [7, 11) is 1.68. The van der Waals surface area contributed by atoms with Crippen molar-refractivity contribution in [2.24, 2.45) is 0 Å². The van der Waals surface area contributed by atoms with E-state index in [1.165, 1.54) is 10.6 Å². The molecule has 0 saturated heterocycles. The number of hydroxylamine groups is 2. The standard InChI is InChI=1S/C11H17NO/c1-11(2,12(3)13)9-10-7-5-4-6-8-10/h4-8,13H,9H2,1-3H3. The van der Waals surface area contributed by atoms with Crippen LogP contribution in [-0.2, 0) is 6.42 Å². The highest BCUT2D eigenvalue weighted by Crippen LogP contribution is 2.16. The topological polar surface area (TPSA) is 23.5 Å². The van der Waals surface area contributed by atoms with Crippen molar-refractivity contribution in [1.29, 1.82) is 0 Å². The molecule has 0 atom stereocenters. The zero-order chi connectivity index (χ0) is 9.90. The van der Waals surface area contributed by atoms with Crippen molar-refractivity contribution in [3.63, 3.8) is 0 Å². The molecular weight excluding hydrogens is 162 g/mol. The summed E-state index contributed by atoms with van der Waals surface area (Å²) < 4.78 is 0. The molecule has 72 valence electrons. The third kappa shape index (κ3) is 2.83. The van der Waals surface area contributed by atoms with E-state index >= 15 is 0 Å². The van der Waals surface area contributed by atoms with Gasteiger partial charge in [-0.3, -0.25) is 0 Å². The molecule has 0 spiro atoms. The quantitative estimate of drug-likeness (QED) is 0.720. The number of likely N-dealkylation sites (N-methyl/N-ethyl adjacent to an activating group) is 1. The summed E-state index contributed by atoms with van der Waals surface area (Å²) in [5.41, 5.74) is 1.04. The second kappa shape index (κ2) is 3.90. The highest BCUT2D eigenvalue weighted by molar-refractivity contribution is 5.16. The maximum absolute atomic E-state index is 9.37. The zero-order valence-electron chi connectivity index (χ0n) is 8.49. The van der Waals surface area contributed by atoms with Gasteiger partial charge in [-0.25, -0.2) is 0 Å². The summed E-state index contributed by atoms with van der Waals surface area (Å²) in [5, 5.41) is 10.6. The first-order valence-electron chi connectivity index (χ1n) is 4.49. The third-order valence-electron chi connectivity index (χ3n) is 2.36. The number of benzene rings is 1. The second-order valence-corrected chi connectivity index (χ2v) is 4.00. The summed E-state index contributed by atoms with van der Waals surface area (Å²) in [5.74, 6) is 0. The summed E-state index contributed by atoms with van der Waals surface area (Å²) >= 11 is 0. The smallest absolute Gasteiger partial charge is 0.0441 e. The molecule has 0 unspecified atom stereocenters. The first-order chi connectivity index (χ1) is 6.02. The van der Waals surface area contributed by atoms with E-state index < -0.39 is 0 Å². The van der Waals surface area contributed by atoms with Crippen LogP contribution in [0.3, 0.4) is 0 Å². The van der Waals surface area contributed by atoms with E-state index in [0.717, 1.165) is 6.42 Å². The Balaban J connectivity index is 2.69. The van der Waals surface area contributed by atoms with Crippen molar-refractivity contribution in [3.8, 4) is 0 Å². The summed E-state index contributed by atoms with van der Waals surface area (Å²) in [4.78, 5) is 0. The molecule has 1 rings (SSSR count). The average molecular weight is 179 g/mol. The number of rotatable bonds is 3. The van der Waals surface area contributed by atoms with E-state index in [1.54, 1.807) is 7.05 Å². The fourth-order valence-corrected chi connectivity index (χ4v) is 1.21. The van der Waals surface area contributed by atoms with Gasteiger partial charge >= 0.3 is 0 Å². The molecule has 0 radical (unpaired) electrons. The van der Waals surface area contributed by atoms with Crippen LogP contribution >= 0.6 is 0 Å². The van der Waals surface area contributed by atoms with Crippen molar-refractivity contribution in [3.05, 3.63) is 35.9 Å². The minimum absolute atomic E-state index is 0.207. The maximum atomic E-state index is 9.37. The van der Waals surface area contributed by atoms with Gasteiger partial charge in [0.2, 0.25) is 0 Å². The first-order valence-corrected chi connectivity index (χ1v) is 4.49. The van der Waals surface area contributed by atoms with Gasteiger partial charge in [-0.05, 0) is 25.8 Å². The van der Waals surface area contributed by atoms with E-state index in [2.05, 4.69) is 12.1 Å². The fourth-order valence-electron chi connectivity index (χ4n) is 1.21. The molecule has 1 aromatic carbocycles.